The van der Waals surface area contributed by atoms with Gasteiger partial charge in [0.25, 0.3) is 0 Å². The van der Waals surface area contributed by atoms with Gasteiger partial charge in [-0.2, -0.15) is 0 Å². The highest BCUT2D eigenvalue weighted by Gasteiger charge is 2.29. The van der Waals surface area contributed by atoms with E-state index in [1.54, 1.807) is 0 Å². The first-order chi connectivity index (χ1) is 9.99. The predicted molar refractivity (Wildman–Crippen MR) is 88.6 cm³/mol. The van der Waals surface area contributed by atoms with Crippen molar-refractivity contribution in [3.8, 4) is 5.75 Å². The fourth-order valence-corrected chi connectivity index (χ4v) is 3.31. The van der Waals surface area contributed by atoms with Crippen LogP contribution in [0.2, 0.25) is 0 Å². The van der Waals surface area contributed by atoms with Crippen LogP contribution < -0.4 is 10.5 Å². The van der Waals surface area contributed by atoms with Gasteiger partial charge in [0, 0.05) is 18.1 Å². The minimum atomic E-state index is 0.220. The van der Waals surface area contributed by atoms with Crippen LogP contribution in [-0.4, -0.2) is 29.6 Å². The summed E-state index contributed by atoms with van der Waals surface area (Å²) in [5.41, 5.74) is 7.54. The van der Waals surface area contributed by atoms with E-state index in [4.69, 9.17) is 10.5 Å². The van der Waals surface area contributed by atoms with E-state index >= 15 is 0 Å². The smallest absolute Gasteiger partial charge is 0.119 e. The second-order valence-electron chi connectivity index (χ2n) is 6.57. The third-order valence-corrected chi connectivity index (χ3v) is 4.43. The fourth-order valence-electron chi connectivity index (χ4n) is 3.31. The van der Waals surface area contributed by atoms with Crippen molar-refractivity contribution < 1.29 is 4.74 Å². The molecule has 1 aromatic rings. The van der Waals surface area contributed by atoms with E-state index in [0.717, 1.165) is 12.3 Å². The molecule has 0 radical (unpaired) electrons. The molecule has 0 saturated carbocycles. The quantitative estimate of drug-likeness (QED) is 0.898. The van der Waals surface area contributed by atoms with E-state index in [-0.39, 0.29) is 12.1 Å². The molecule has 2 rings (SSSR count). The first-order valence-corrected chi connectivity index (χ1v) is 8.27. The van der Waals surface area contributed by atoms with Crippen molar-refractivity contribution in [3.63, 3.8) is 0 Å². The number of rotatable bonds is 5. The van der Waals surface area contributed by atoms with E-state index in [1.165, 1.54) is 24.8 Å². The standard InChI is InChI=1S/C18H30N2O/c1-13(2)21-17-10-8-16(9-11-17)15(4)20-12-6-5-7-18(20)14(3)19/h8-11,13-15,18H,5-7,12,19H2,1-4H3. The van der Waals surface area contributed by atoms with Gasteiger partial charge in [0.15, 0.2) is 0 Å². The Morgan fingerprint density at radius 2 is 1.76 bits per heavy atom. The molecule has 3 heteroatoms. The van der Waals surface area contributed by atoms with Crippen molar-refractivity contribution in [1.29, 1.82) is 0 Å². The Hall–Kier alpha value is -1.06. The number of hydrogen-bond donors (Lipinski definition) is 1. The highest BCUT2D eigenvalue weighted by Crippen LogP contribution is 2.30. The van der Waals surface area contributed by atoms with Crippen LogP contribution in [0.4, 0.5) is 0 Å². The first kappa shape index (κ1) is 16.3. The summed E-state index contributed by atoms with van der Waals surface area (Å²) in [7, 11) is 0. The molecule has 118 valence electrons. The van der Waals surface area contributed by atoms with Crippen molar-refractivity contribution in [2.75, 3.05) is 6.54 Å². The maximum Gasteiger partial charge on any atom is 0.119 e. The molecule has 1 aliphatic heterocycles. The number of piperidine rings is 1. The van der Waals surface area contributed by atoms with Gasteiger partial charge in [0.2, 0.25) is 0 Å². The number of ether oxygens (including phenoxy) is 1. The zero-order valence-electron chi connectivity index (χ0n) is 13.9. The molecule has 1 aromatic carbocycles. The summed E-state index contributed by atoms with van der Waals surface area (Å²) in [6, 6.07) is 9.68. The van der Waals surface area contributed by atoms with Gasteiger partial charge >= 0.3 is 0 Å². The van der Waals surface area contributed by atoms with E-state index in [9.17, 15) is 0 Å². The van der Waals surface area contributed by atoms with E-state index < -0.39 is 0 Å². The van der Waals surface area contributed by atoms with E-state index in [2.05, 4.69) is 56.9 Å². The largest absolute Gasteiger partial charge is 0.491 e. The van der Waals surface area contributed by atoms with Crippen LogP contribution in [0.5, 0.6) is 5.75 Å². The topological polar surface area (TPSA) is 38.5 Å². The summed E-state index contributed by atoms with van der Waals surface area (Å²) in [6.07, 6.45) is 4.02. The SMILES string of the molecule is CC(C)Oc1ccc(C(C)N2CCCCC2C(C)N)cc1. The van der Waals surface area contributed by atoms with Crippen LogP contribution in [0.25, 0.3) is 0 Å². The van der Waals surface area contributed by atoms with Crippen LogP contribution in [0, 0.1) is 0 Å². The Morgan fingerprint density at radius 1 is 1.10 bits per heavy atom. The number of benzene rings is 1. The summed E-state index contributed by atoms with van der Waals surface area (Å²) in [6.45, 7) is 9.68. The van der Waals surface area contributed by atoms with Gasteiger partial charge in [-0.3, -0.25) is 4.90 Å². The van der Waals surface area contributed by atoms with Crippen LogP contribution in [-0.2, 0) is 0 Å². The van der Waals surface area contributed by atoms with Crippen LogP contribution in [0.15, 0.2) is 24.3 Å². The summed E-state index contributed by atoms with van der Waals surface area (Å²) >= 11 is 0. The second kappa shape index (κ2) is 7.28. The molecule has 0 amide bonds. The fraction of sp³-hybridized carbons (Fsp3) is 0.667. The Bertz CT molecular complexity index is 427. The molecule has 1 fully saturated rings. The minimum Gasteiger partial charge on any atom is -0.491 e. The average Bonchev–Trinajstić information content (AvgIpc) is 2.46. The van der Waals surface area contributed by atoms with Gasteiger partial charge in [0.05, 0.1) is 6.10 Å². The highest BCUT2D eigenvalue weighted by atomic mass is 16.5. The second-order valence-corrected chi connectivity index (χ2v) is 6.57. The summed E-state index contributed by atoms with van der Waals surface area (Å²) in [4.78, 5) is 2.58. The molecule has 2 N–H and O–H groups in total. The third kappa shape index (κ3) is 4.21. The number of likely N-dealkylation sites (tertiary alicyclic amines) is 1. The molecule has 0 aromatic heterocycles. The summed E-state index contributed by atoms with van der Waals surface area (Å²) in [5.74, 6) is 0.948. The number of nitrogens with two attached hydrogens (primary N) is 1. The molecule has 1 heterocycles. The minimum absolute atomic E-state index is 0.220. The zero-order chi connectivity index (χ0) is 15.4. The van der Waals surface area contributed by atoms with Crippen molar-refractivity contribution in [3.05, 3.63) is 29.8 Å². The van der Waals surface area contributed by atoms with Crippen molar-refractivity contribution in [1.82, 2.24) is 4.90 Å². The summed E-state index contributed by atoms with van der Waals surface area (Å²) < 4.78 is 5.72. The van der Waals surface area contributed by atoms with Gasteiger partial charge in [0.1, 0.15) is 5.75 Å². The molecule has 0 bridgehead atoms. The lowest BCUT2D eigenvalue weighted by Crippen LogP contribution is -2.49. The molecular formula is C18H30N2O. The summed E-state index contributed by atoms with van der Waals surface area (Å²) in [5, 5.41) is 0. The van der Waals surface area contributed by atoms with E-state index in [0.29, 0.717) is 12.1 Å². The first-order valence-electron chi connectivity index (χ1n) is 8.27. The molecule has 3 atom stereocenters. The molecule has 1 saturated heterocycles. The van der Waals surface area contributed by atoms with Crippen molar-refractivity contribution in [2.45, 2.75) is 71.2 Å². The molecular weight excluding hydrogens is 260 g/mol. The van der Waals surface area contributed by atoms with Gasteiger partial charge in [-0.25, -0.2) is 0 Å². The van der Waals surface area contributed by atoms with Gasteiger partial charge in [-0.05, 0) is 64.8 Å². The Balaban J connectivity index is 2.09. The molecule has 21 heavy (non-hydrogen) atoms. The van der Waals surface area contributed by atoms with Gasteiger partial charge in [-0.1, -0.05) is 18.6 Å². The lowest BCUT2D eigenvalue weighted by Gasteiger charge is -2.42. The Kier molecular flexibility index (Phi) is 5.65. The van der Waals surface area contributed by atoms with Crippen molar-refractivity contribution >= 4 is 0 Å². The molecule has 3 unspecified atom stereocenters. The Labute approximate surface area is 129 Å². The third-order valence-electron chi connectivity index (χ3n) is 4.43. The van der Waals surface area contributed by atoms with Crippen LogP contribution in [0.1, 0.15) is 58.6 Å². The normalized spacial score (nSPS) is 23.0. The lowest BCUT2D eigenvalue weighted by atomic mass is 9.93. The lowest BCUT2D eigenvalue weighted by molar-refractivity contribution is 0.0890. The van der Waals surface area contributed by atoms with Gasteiger partial charge < -0.3 is 10.5 Å². The van der Waals surface area contributed by atoms with Crippen molar-refractivity contribution in [2.24, 2.45) is 5.73 Å². The predicted octanol–water partition coefficient (Wildman–Crippen LogP) is 3.74. The highest BCUT2D eigenvalue weighted by molar-refractivity contribution is 5.29. The molecule has 0 spiro atoms. The monoisotopic (exact) mass is 290 g/mol. The number of nitrogens with zero attached hydrogens (tertiary/aromatic N) is 1. The Morgan fingerprint density at radius 3 is 2.33 bits per heavy atom. The maximum absolute atomic E-state index is 6.19. The average molecular weight is 290 g/mol. The van der Waals surface area contributed by atoms with E-state index in [1.807, 2.05) is 0 Å². The maximum atomic E-state index is 6.19. The number of hydrogen-bond acceptors (Lipinski definition) is 3. The van der Waals surface area contributed by atoms with Crippen LogP contribution in [0.3, 0.4) is 0 Å². The molecule has 1 aliphatic rings. The zero-order valence-corrected chi connectivity index (χ0v) is 13.9. The molecule has 0 aliphatic carbocycles. The van der Waals surface area contributed by atoms with Gasteiger partial charge in [-0.15, -0.1) is 0 Å². The van der Waals surface area contributed by atoms with Crippen LogP contribution >= 0.6 is 0 Å². The molecule has 3 nitrogen and oxygen atoms in total.